The van der Waals surface area contributed by atoms with Gasteiger partial charge in [-0.3, -0.25) is 9.13 Å². The van der Waals surface area contributed by atoms with Crippen LogP contribution in [-0.4, -0.2) is 29.8 Å². The molecule has 0 aliphatic carbocycles. The zero-order valence-corrected chi connectivity index (χ0v) is 15.1. The standard InChI is InChI=1S/C14H14F3NO7P2/c15-14(16,17)12-5-3-10(4-6-12)11-2-1-7-18(8-11)9-13(19,26(20,21)22)27(23,24)25/h1-8,19H,9H2,(H3-,20,21,22,23,24,25)/p+1. The van der Waals surface area contributed by atoms with Gasteiger partial charge in [-0.1, -0.05) is 12.1 Å². The molecule has 0 fully saturated rings. The van der Waals surface area contributed by atoms with Gasteiger partial charge in [0, 0.05) is 11.6 Å². The van der Waals surface area contributed by atoms with Crippen molar-refractivity contribution in [3.63, 3.8) is 0 Å². The normalized spacial score (nSPS) is 13.6. The number of nitrogens with zero attached hydrogens (tertiary/aromatic N) is 1. The van der Waals surface area contributed by atoms with Crippen molar-refractivity contribution in [3.8, 4) is 11.1 Å². The predicted molar refractivity (Wildman–Crippen MR) is 86.1 cm³/mol. The van der Waals surface area contributed by atoms with Crippen LogP contribution >= 0.6 is 15.2 Å². The van der Waals surface area contributed by atoms with Gasteiger partial charge < -0.3 is 24.7 Å². The third-order valence-electron chi connectivity index (χ3n) is 3.73. The molecule has 27 heavy (non-hydrogen) atoms. The Morgan fingerprint density at radius 1 is 0.889 bits per heavy atom. The van der Waals surface area contributed by atoms with Crippen LogP contribution in [0.5, 0.6) is 0 Å². The number of halogens is 3. The molecule has 0 unspecified atom stereocenters. The summed E-state index contributed by atoms with van der Waals surface area (Å²) >= 11 is 0. The second kappa shape index (κ2) is 7.10. The lowest BCUT2D eigenvalue weighted by Crippen LogP contribution is -2.47. The smallest absolute Gasteiger partial charge is 0.363 e. The van der Waals surface area contributed by atoms with E-state index in [9.17, 15) is 47.0 Å². The molecule has 0 saturated carbocycles. The Kier molecular flexibility index (Phi) is 5.71. The number of alkyl halides is 3. The molecule has 13 heteroatoms. The van der Waals surface area contributed by atoms with E-state index in [1.165, 1.54) is 36.7 Å². The molecular formula is C14H15F3NO7P2+. The van der Waals surface area contributed by atoms with Gasteiger partial charge in [-0.25, -0.2) is 4.57 Å². The molecule has 0 saturated heterocycles. The summed E-state index contributed by atoms with van der Waals surface area (Å²) in [4.78, 5) is 36.7. The van der Waals surface area contributed by atoms with Gasteiger partial charge in [0.15, 0.2) is 12.4 Å². The second-order valence-corrected chi connectivity index (χ2v) is 9.71. The monoisotopic (exact) mass is 428 g/mol. The largest absolute Gasteiger partial charge is 0.416 e. The number of hydrogen-bond donors (Lipinski definition) is 5. The van der Waals surface area contributed by atoms with Gasteiger partial charge in [-0.05, 0) is 23.8 Å². The first-order valence-corrected chi connectivity index (χ1v) is 10.4. The fraction of sp³-hybridized carbons (Fsp3) is 0.214. The van der Waals surface area contributed by atoms with Gasteiger partial charge in [0.05, 0.1) is 5.56 Å². The molecule has 2 aromatic rings. The van der Waals surface area contributed by atoms with Crippen molar-refractivity contribution in [1.82, 2.24) is 0 Å². The molecule has 8 nitrogen and oxygen atoms in total. The van der Waals surface area contributed by atoms with Crippen molar-refractivity contribution in [2.75, 3.05) is 0 Å². The molecule has 2 rings (SSSR count). The average molecular weight is 428 g/mol. The summed E-state index contributed by atoms with van der Waals surface area (Å²) in [5, 5.41) is 6.30. The fourth-order valence-corrected chi connectivity index (χ4v) is 4.29. The van der Waals surface area contributed by atoms with Gasteiger partial charge in [0.25, 0.3) is 0 Å². The van der Waals surface area contributed by atoms with Gasteiger partial charge >= 0.3 is 26.5 Å². The van der Waals surface area contributed by atoms with Crippen LogP contribution < -0.4 is 4.57 Å². The number of benzene rings is 1. The van der Waals surface area contributed by atoms with Crippen LogP contribution in [0.15, 0.2) is 48.8 Å². The molecule has 0 amide bonds. The first-order chi connectivity index (χ1) is 12.1. The highest BCUT2D eigenvalue weighted by Crippen LogP contribution is 2.67. The van der Waals surface area contributed by atoms with Crippen LogP contribution in [0.25, 0.3) is 11.1 Å². The first kappa shape index (κ1) is 21.7. The summed E-state index contributed by atoms with van der Waals surface area (Å²) in [6.45, 7) is -1.14. The predicted octanol–water partition coefficient (Wildman–Crippen LogP) is 1.66. The Morgan fingerprint density at radius 2 is 1.41 bits per heavy atom. The van der Waals surface area contributed by atoms with E-state index in [-0.39, 0.29) is 0 Å². The maximum absolute atomic E-state index is 12.6. The zero-order chi connectivity index (χ0) is 20.7. The molecule has 1 heterocycles. The first-order valence-electron chi connectivity index (χ1n) is 7.15. The summed E-state index contributed by atoms with van der Waals surface area (Å²) in [6.07, 6.45) is -2.15. The minimum Gasteiger partial charge on any atom is -0.363 e. The molecule has 0 aliphatic rings. The minimum absolute atomic E-state index is 0.296. The molecule has 0 spiro atoms. The summed E-state index contributed by atoms with van der Waals surface area (Å²) < 4.78 is 61.6. The number of aromatic nitrogens is 1. The van der Waals surface area contributed by atoms with E-state index >= 15 is 0 Å². The summed E-state index contributed by atoms with van der Waals surface area (Å²) in [5.41, 5.74) is -0.259. The lowest BCUT2D eigenvalue weighted by atomic mass is 10.1. The fourth-order valence-electron chi connectivity index (χ4n) is 2.24. The van der Waals surface area contributed by atoms with E-state index in [2.05, 4.69) is 0 Å². The summed E-state index contributed by atoms with van der Waals surface area (Å²) in [7, 11) is -11.3. The van der Waals surface area contributed by atoms with Crippen molar-refractivity contribution in [3.05, 3.63) is 54.4 Å². The highest BCUT2D eigenvalue weighted by atomic mass is 31.2. The minimum atomic E-state index is -5.64. The molecule has 0 aliphatic heterocycles. The third kappa shape index (κ3) is 4.64. The van der Waals surface area contributed by atoms with Crippen LogP contribution in [0.1, 0.15) is 5.56 Å². The Morgan fingerprint density at radius 3 is 1.85 bits per heavy atom. The zero-order valence-electron chi connectivity index (χ0n) is 13.4. The van der Waals surface area contributed by atoms with Crippen LogP contribution in [0, 0.1) is 0 Å². The highest BCUT2D eigenvalue weighted by Gasteiger charge is 2.62. The lowest BCUT2D eigenvalue weighted by molar-refractivity contribution is -0.703. The molecule has 5 N–H and O–H groups in total. The summed E-state index contributed by atoms with van der Waals surface area (Å²) in [5.74, 6) is 0. The number of pyridine rings is 1. The van der Waals surface area contributed by atoms with Gasteiger partial charge in [-0.2, -0.15) is 13.2 Å². The van der Waals surface area contributed by atoms with Crippen molar-refractivity contribution in [2.45, 2.75) is 17.8 Å². The number of aliphatic hydroxyl groups is 1. The van der Waals surface area contributed by atoms with Crippen LogP contribution in [0.3, 0.4) is 0 Å². The lowest BCUT2D eigenvalue weighted by Gasteiger charge is -2.26. The quantitative estimate of drug-likeness (QED) is 0.361. The van der Waals surface area contributed by atoms with Crippen molar-refractivity contribution < 1.29 is 51.5 Å². The van der Waals surface area contributed by atoms with E-state index in [0.29, 0.717) is 11.1 Å². The average Bonchev–Trinajstić information content (AvgIpc) is 2.52. The molecular weight excluding hydrogens is 413 g/mol. The maximum Gasteiger partial charge on any atom is 0.416 e. The van der Waals surface area contributed by atoms with E-state index in [1.807, 2.05) is 0 Å². The molecule has 1 aromatic carbocycles. The topological polar surface area (TPSA) is 139 Å². The van der Waals surface area contributed by atoms with E-state index < -0.39 is 38.6 Å². The van der Waals surface area contributed by atoms with E-state index in [4.69, 9.17) is 0 Å². The van der Waals surface area contributed by atoms with Crippen molar-refractivity contribution in [1.29, 1.82) is 0 Å². The SMILES string of the molecule is O=P(O)(O)C(O)(C[n+]1cccc(-c2ccc(C(F)(F)F)cc2)c1)P(=O)(O)O. The Hall–Kier alpha value is -1.58. The van der Waals surface area contributed by atoms with Crippen LogP contribution in [-0.2, 0) is 21.9 Å². The maximum atomic E-state index is 12.6. The van der Waals surface area contributed by atoms with Gasteiger partial charge in [0.2, 0.25) is 6.54 Å². The Balaban J connectivity index is 2.41. The highest BCUT2D eigenvalue weighted by molar-refractivity contribution is 7.72. The van der Waals surface area contributed by atoms with Crippen molar-refractivity contribution in [2.24, 2.45) is 0 Å². The van der Waals surface area contributed by atoms with Crippen LogP contribution in [0.4, 0.5) is 13.2 Å². The molecule has 0 atom stereocenters. The Bertz CT molecular complexity index is 899. The summed E-state index contributed by atoms with van der Waals surface area (Å²) in [6, 6.07) is 6.82. The number of hydrogen-bond acceptors (Lipinski definition) is 3. The van der Waals surface area contributed by atoms with E-state index in [1.54, 1.807) is 0 Å². The third-order valence-corrected chi connectivity index (χ3v) is 7.44. The van der Waals surface area contributed by atoms with Crippen LogP contribution in [0.2, 0.25) is 0 Å². The van der Waals surface area contributed by atoms with Gasteiger partial charge in [-0.15, -0.1) is 0 Å². The molecule has 0 bridgehead atoms. The number of rotatable bonds is 5. The second-order valence-electron chi connectivity index (χ2n) is 5.70. The van der Waals surface area contributed by atoms with Gasteiger partial charge in [0.1, 0.15) is 0 Å². The molecule has 1 aromatic heterocycles. The molecule has 0 radical (unpaired) electrons. The Labute approximate surface area is 150 Å². The molecule has 148 valence electrons. The van der Waals surface area contributed by atoms with E-state index in [0.717, 1.165) is 16.7 Å². The van der Waals surface area contributed by atoms with Crippen molar-refractivity contribution >= 4 is 15.2 Å².